The maximum Gasteiger partial charge on any atom is 1.00 e. The normalized spacial score (nSPS) is 7.67. The summed E-state index contributed by atoms with van der Waals surface area (Å²) in [6.45, 7) is 0. The van der Waals surface area contributed by atoms with Gasteiger partial charge in [0, 0.05) is 11.7 Å². The molecule has 0 bridgehead atoms. The molecule has 0 fully saturated rings. The van der Waals surface area contributed by atoms with Gasteiger partial charge in [0.25, 0.3) is 0 Å². The van der Waals surface area contributed by atoms with Crippen LogP contribution < -0.4 is 18.9 Å². The average Bonchev–Trinajstić information content (AvgIpc) is 2.33. The Morgan fingerprint density at radius 1 is 1.00 bits per heavy atom. The topological polar surface area (TPSA) is 77.3 Å². The van der Waals surface area contributed by atoms with Crippen molar-refractivity contribution in [2.75, 3.05) is 0 Å². The summed E-state index contributed by atoms with van der Waals surface area (Å²) in [5.41, 5.74) is 1.21. The van der Waals surface area contributed by atoms with Crippen LogP contribution in [0.3, 0.4) is 0 Å². The second-order valence-electron chi connectivity index (χ2n) is 2.06. The Bertz CT molecular complexity index is 291. The summed E-state index contributed by atoms with van der Waals surface area (Å²) in [7, 11) is 0. The van der Waals surface area contributed by atoms with Gasteiger partial charge in [-0.15, -0.1) is 0 Å². The van der Waals surface area contributed by atoms with Crippen molar-refractivity contribution in [1.82, 2.24) is 4.98 Å². The van der Waals surface area contributed by atoms with Gasteiger partial charge in [-0.3, -0.25) is 0 Å². The molecule has 1 heterocycles. The van der Waals surface area contributed by atoms with Crippen molar-refractivity contribution >= 4 is 10.9 Å². The molecular formula is C8H10LiNO2. The molecule has 0 radical (unpaired) electrons. The third-order valence-corrected chi connectivity index (χ3v) is 1.46. The molecule has 2 aromatic rings. The first-order valence-electron chi connectivity index (χ1n) is 2.99. The molecule has 0 saturated heterocycles. The van der Waals surface area contributed by atoms with Crippen molar-refractivity contribution in [3.05, 3.63) is 36.5 Å². The quantitative estimate of drug-likeness (QED) is 0.451. The predicted octanol–water partition coefficient (Wildman–Crippen LogP) is -1.83. The Morgan fingerprint density at radius 2 is 1.67 bits per heavy atom. The second-order valence-corrected chi connectivity index (χ2v) is 2.06. The largest absolute Gasteiger partial charge is 1.00 e. The van der Waals surface area contributed by atoms with Crippen LogP contribution in [0.1, 0.15) is 0 Å². The average molecular weight is 159 g/mol. The fourth-order valence-corrected chi connectivity index (χ4v) is 0.995. The fraction of sp³-hybridized carbons (Fsp3) is 0. The molecule has 12 heavy (non-hydrogen) atoms. The van der Waals surface area contributed by atoms with Crippen LogP contribution in [-0.2, 0) is 0 Å². The number of hydrogen-bond donors (Lipinski definition) is 1. The summed E-state index contributed by atoms with van der Waals surface area (Å²) in [6, 6.07) is 10.3. The summed E-state index contributed by atoms with van der Waals surface area (Å²) >= 11 is 0. The van der Waals surface area contributed by atoms with Gasteiger partial charge < -0.3 is 15.9 Å². The molecule has 0 aliphatic rings. The Kier molecular flexibility index (Phi) is 6.77. The maximum absolute atomic E-state index is 3.12. The van der Waals surface area contributed by atoms with Crippen molar-refractivity contribution in [2.45, 2.75) is 0 Å². The van der Waals surface area contributed by atoms with Crippen molar-refractivity contribution in [3.8, 4) is 0 Å². The van der Waals surface area contributed by atoms with Gasteiger partial charge in [0.15, 0.2) is 0 Å². The Morgan fingerprint density at radius 3 is 2.33 bits per heavy atom. The van der Waals surface area contributed by atoms with Crippen molar-refractivity contribution < 1.29 is 29.8 Å². The molecule has 3 nitrogen and oxygen atoms in total. The van der Waals surface area contributed by atoms with E-state index in [0.717, 1.165) is 0 Å². The Hall–Kier alpha value is -0.723. The predicted molar refractivity (Wildman–Crippen MR) is 43.8 cm³/mol. The first-order valence-corrected chi connectivity index (χ1v) is 2.99. The number of aromatic nitrogens is 1. The Labute approximate surface area is 82.6 Å². The molecular weight excluding hydrogens is 149 g/mol. The molecule has 4 N–H and O–H groups in total. The van der Waals surface area contributed by atoms with E-state index in [1.807, 2.05) is 18.3 Å². The third-order valence-electron chi connectivity index (χ3n) is 1.46. The van der Waals surface area contributed by atoms with Crippen LogP contribution in [0.15, 0.2) is 36.5 Å². The molecule has 4 heteroatoms. The van der Waals surface area contributed by atoms with E-state index in [4.69, 9.17) is 0 Å². The van der Waals surface area contributed by atoms with Gasteiger partial charge in [-0.25, -0.2) is 0 Å². The number of para-hydroxylation sites is 1. The summed E-state index contributed by atoms with van der Waals surface area (Å²) < 4.78 is 0. The van der Waals surface area contributed by atoms with Crippen LogP contribution in [0.5, 0.6) is 0 Å². The van der Waals surface area contributed by atoms with Gasteiger partial charge in [0.2, 0.25) is 0 Å². The molecule has 0 amide bonds. The van der Waals surface area contributed by atoms with Gasteiger partial charge in [0.05, 0.1) is 0 Å². The first kappa shape index (κ1) is 13.8. The summed E-state index contributed by atoms with van der Waals surface area (Å²) in [5, 5.41) is 1.28. The van der Waals surface area contributed by atoms with Crippen LogP contribution in [0, 0.1) is 0 Å². The van der Waals surface area contributed by atoms with Crippen LogP contribution in [0.4, 0.5) is 0 Å². The smallest absolute Gasteiger partial charge is 0.870 e. The van der Waals surface area contributed by atoms with E-state index < -0.39 is 0 Å². The number of nitrogens with one attached hydrogen (secondary N) is 1. The van der Waals surface area contributed by atoms with Crippen LogP contribution >= 0.6 is 0 Å². The monoisotopic (exact) mass is 159 g/mol. The minimum Gasteiger partial charge on any atom is -0.870 e. The summed E-state index contributed by atoms with van der Waals surface area (Å²) in [6.07, 6.45) is 1.95. The van der Waals surface area contributed by atoms with Crippen molar-refractivity contribution in [3.63, 3.8) is 0 Å². The minimum absolute atomic E-state index is 0. The molecule has 0 unspecified atom stereocenters. The summed E-state index contributed by atoms with van der Waals surface area (Å²) in [5.74, 6) is 0. The van der Waals surface area contributed by atoms with E-state index in [1.165, 1.54) is 10.9 Å². The molecule has 0 aliphatic carbocycles. The fourth-order valence-electron chi connectivity index (χ4n) is 0.995. The molecule has 0 aliphatic heterocycles. The number of aromatic amines is 1. The SMILES string of the molecule is O.[Li+].[OH-].c1ccc2[nH]ccc2c1. The molecule has 0 atom stereocenters. The van der Waals surface area contributed by atoms with Gasteiger partial charge in [-0.2, -0.15) is 0 Å². The number of hydrogen-bond acceptors (Lipinski definition) is 1. The molecule has 60 valence electrons. The van der Waals surface area contributed by atoms with Crippen molar-refractivity contribution in [2.24, 2.45) is 0 Å². The van der Waals surface area contributed by atoms with Gasteiger partial charge >= 0.3 is 18.9 Å². The number of rotatable bonds is 0. The van der Waals surface area contributed by atoms with E-state index in [0.29, 0.717) is 0 Å². The zero-order valence-corrected chi connectivity index (χ0v) is 6.91. The minimum atomic E-state index is 0. The van der Waals surface area contributed by atoms with Gasteiger partial charge in [0.1, 0.15) is 0 Å². The molecule has 1 aromatic heterocycles. The van der Waals surface area contributed by atoms with E-state index >= 15 is 0 Å². The summed E-state index contributed by atoms with van der Waals surface area (Å²) in [4.78, 5) is 3.12. The number of benzene rings is 1. The van der Waals surface area contributed by atoms with Gasteiger partial charge in [-0.05, 0) is 17.5 Å². The zero-order valence-electron chi connectivity index (χ0n) is 6.91. The second kappa shape index (κ2) is 5.87. The standard InChI is InChI=1S/C8H7N.Li.2H2O/c1-2-4-8-7(3-1)5-6-9-8;;;/h1-6,9H;;2*1H2/q;+1;;/p-1. The van der Waals surface area contributed by atoms with Crippen LogP contribution in [0.2, 0.25) is 0 Å². The van der Waals surface area contributed by atoms with E-state index in [1.54, 1.807) is 0 Å². The van der Waals surface area contributed by atoms with E-state index in [9.17, 15) is 0 Å². The zero-order chi connectivity index (χ0) is 6.10. The number of H-pyrrole nitrogens is 1. The van der Waals surface area contributed by atoms with E-state index in [-0.39, 0.29) is 29.8 Å². The molecule has 1 aromatic carbocycles. The van der Waals surface area contributed by atoms with Crippen LogP contribution in [0.25, 0.3) is 10.9 Å². The van der Waals surface area contributed by atoms with Crippen molar-refractivity contribution in [1.29, 1.82) is 0 Å². The molecule has 2 rings (SSSR count). The third kappa shape index (κ3) is 2.40. The van der Waals surface area contributed by atoms with Gasteiger partial charge in [-0.1, -0.05) is 18.2 Å². The molecule has 0 spiro atoms. The van der Waals surface area contributed by atoms with Crippen LogP contribution in [-0.4, -0.2) is 15.9 Å². The number of fused-ring (bicyclic) bond motifs is 1. The van der Waals surface area contributed by atoms with E-state index in [2.05, 4.69) is 23.2 Å². The first-order chi connectivity index (χ1) is 4.47. The Balaban J connectivity index is 0. The maximum atomic E-state index is 3.12. The molecule has 0 saturated carbocycles.